The largest absolute Gasteiger partial charge is 0.370 e. The maximum absolute atomic E-state index is 13.2. The molecule has 0 aliphatic heterocycles. The molecule has 0 fully saturated rings. The Kier molecular flexibility index (Phi) is 5.40. The first-order valence-corrected chi connectivity index (χ1v) is 7.11. The van der Waals surface area contributed by atoms with Gasteiger partial charge in [0.25, 0.3) is 0 Å². The molecule has 0 saturated heterocycles. The molecule has 1 aromatic carbocycles. The predicted molar refractivity (Wildman–Crippen MR) is 67.9 cm³/mol. The van der Waals surface area contributed by atoms with Crippen molar-refractivity contribution in [3.63, 3.8) is 0 Å². The normalized spacial score (nSPS) is 11.5. The molecule has 1 rings (SSSR count). The lowest BCUT2D eigenvalue weighted by atomic mass is 10.2. The van der Waals surface area contributed by atoms with Crippen molar-refractivity contribution in [1.29, 1.82) is 0 Å². The fourth-order valence-corrected chi connectivity index (χ4v) is 2.55. The highest BCUT2D eigenvalue weighted by Crippen LogP contribution is 2.14. The molecule has 5 N–H and O–H groups in total. The number of carbonyl (C=O) groups is 1. The van der Waals surface area contributed by atoms with Gasteiger partial charge < -0.3 is 11.5 Å². The molecule has 0 unspecified atom stereocenters. The van der Waals surface area contributed by atoms with Crippen LogP contribution in [0.3, 0.4) is 0 Å². The van der Waals surface area contributed by atoms with Gasteiger partial charge in [-0.15, -0.1) is 0 Å². The monoisotopic (exact) mass is 289 g/mol. The van der Waals surface area contributed by atoms with E-state index in [1.54, 1.807) is 0 Å². The summed E-state index contributed by atoms with van der Waals surface area (Å²) < 4.78 is 39.2. The molecule has 1 amide bonds. The average molecular weight is 289 g/mol. The molecule has 6 nitrogen and oxygen atoms in total. The fourth-order valence-electron chi connectivity index (χ4n) is 1.43. The van der Waals surface area contributed by atoms with Gasteiger partial charge in [-0.25, -0.2) is 17.5 Å². The minimum atomic E-state index is -3.73. The van der Waals surface area contributed by atoms with Crippen LogP contribution in [0.5, 0.6) is 0 Å². The number of hydrogen-bond acceptors (Lipinski definition) is 4. The Hall–Kier alpha value is -1.51. The zero-order chi connectivity index (χ0) is 14.5. The Labute approximate surface area is 111 Å². The maximum Gasteiger partial charge on any atom is 0.240 e. The molecule has 0 atom stereocenters. The van der Waals surface area contributed by atoms with Crippen LogP contribution in [0.15, 0.2) is 23.1 Å². The van der Waals surface area contributed by atoms with Crippen LogP contribution < -0.4 is 16.2 Å². The van der Waals surface area contributed by atoms with Gasteiger partial charge in [-0.05, 0) is 24.6 Å². The van der Waals surface area contributed by atoms with E-state index in [4.69, 9.17) is 11.5 Å². The Morgan fingerprint density at radius 2 is 2.05 bits per heavy atom. The standard InChI is InChI=1S/C11H16FN3O3S/c12-10-4-3-9(6-8(10)7-13)19(17,18)15-5-1-2-11(14)16/h3-4,6,15H,1-2,5,7,13H2,(H2,14,16). The third-order valence-electron chi connectivity index (χ3n) is 2.44. The summed E-state index contributed by atoms with van der Waals surface area (Å²) in [6, 6.07) is 3.40. The second-order valence-electron chi connectivity index (χ2n) is 3.92. The Morgan fingerprint density at radius 1 is 1.37 bits per heavy atom. The summed E-state index contributed by atoms with van der Waals surface area (Å²) in [5, 5.41) is 0. The molecule has 19 heavy (non-hydrogen) atoms. The molecule has 0 aliphatic rings. The number of carbonyl (C=O) groups excluding carboxylic acids is 1. The summed E-state index contributed by atoms with van der Waals surface area (Å²) >= 11 is 0. The minimum Gasteiger partial charge on any atom is -0.370 e. The van der Waals surface area contributed by atoms with E-state index < -0.39 is 21.7 Å². The summed E-state index contributed by atoms with van der Waals surface area (Å²) in [4.78, 5) is 10.4. The van der Waals surface area contributed by atoms with Gasteiger partial charge >= 0.3 is 0 Å². The minimum absolute atomic E-state index is 0.0616. The lowest BCUT2D eigenvalue weighted by Gasteiger charge is -2.08. The molecule has 0 saturated carbocycles. The van der Waals surface area contributed by atoms with E-state index in [0.29, 0.717) is 6.42 Å². The number of nitrogens with two attached hydrogens (primary N) is 2. The number of rotatable bonds is 7. The van der Waals surface area contributed by atoms with Crippen molar-refractivity contribution in [3.05, 3.63) is 29.6 Å². The van der Waals surface area contributed by atoms with Gasteiger partial charge in [0.05, 0.1) is 4.90 Å². The Balaban J connectivity index is 2.74. The summed E-state index contributed by atoms with van der Waals surface area (Å²) in [6.45, 7) is -0.00250. The van der Waals surface area contributed by atoms with E-state index in [2.05, 4.69) is 4.72 Å². The van der Waals surface area contributed by atoms with Crippen molar-refractivity contribution in [1.82, 2.24) is 4.72 Å². The van der Waals surface area contributed by atoms with Crippen LogP contribution in [0.2, 0.25) is 0 Å². The highest BCUT2D eigenvalue weighted by atomic mass is 32.2. The van der Waals surface area contributed by atoms with Crippen LogP contribution >= 0.6 is 0 Å². The smallest absolute Gasteiger partial charge is 0.240 e. The molecule has 0 bridgehead atoms. The van der Waals surface area contributed by atoms with Crippen molar-refractivity contribution in [2.75, 3.05) is 6.54 Å². The van der Waals surface area contributed by atoms with E-state index >= 15 is 0 Å². The van der Waals surface area contributed by atoms with Crippen LogP contribution in [0.1, 0.15) is 18.4 Å². The zero-order valence-corrected chi connectivity index (χ0v) is 11.0. The average Bonchev–Trinajstić information content (AvgIpc) is 2.35. The zero-order valence-electron chi connectivity index (χ0n) is 10.2. The lowest BCUT2D eigenvalue weighted by Crippen LogP contribution is -2.26. The molecule has 0 aliphatic carbocycles. The van der Waals surface area contributed by atoms with E-state index in [-0.39, 0.29) is 30.0 Å². The van der Waals surface area contributed by atoms with Gasteiger partial charge in [0.2, 0.25) is 15.9 Å². The van der Waals surface area contributed by atoms with E-state index in [1.807, 2.05) is 0 Å². The number of amides is 1. The third kappa shape index (κ3) is 4.58. The van der Waals surface area contributed by atoms with Crippen LogP contribution in [0, 0.1) is 5.82 Å². The van der Waals surface area contributed by atoms with Gasteiger partial charge in [0.1, 0.15) is 5.82 Å². The van der Waals surface area contributed by atoms with Crippen molar-refractivity contribution in [3.8, 4) is 0 Å². The lowest BCUT2D eigenvalue weighted by molar-refractivity contribution is -0.118. The highest BCUT2D eigenvalue weighted by Gasteiger charge is 2.15. The van der Waals surface area contributed by atoms with Crippen molar-refractivity contribution in [2.24, 2.45) is 11.5 Å². The molecule has 106 valence electrons. The van der Waals surface area contributed by atoms with Crippen LogP contribution in [0.25, 0.3) is 0 Å². The SMILES string of the molecule is NCc1cc(S(=O)(=O)NCCCC(N)=O)ccc1F. The summed E-state index contributed by atoms with van der Waals surface area (Å²) in [6.07, 6.45) is 0.402. The Morgan fingerprint density at radius 3 is 2.63 bits per heavy atom. The topological polar surface area (TPSA) is 115 Å². The molecule has 0 aromatic heterocycles. The van der Waals surface area contributed by atoms with Gasteiger partial charge in [0, 0.05) is 25.1 Å². The molecule has 1 aromatic rings. The number of primary amides is 1. The quantitative estimate of drug-likeness (QED) is 0.604. The predicted octanol–water partition coefficient (Wildman–Crippen LogP) is -0.172. The second kappa shape index (κ2) is 6.60. The highest BCUT2D eigenvalue weighted by molar-refractivity contribution is 7.89. The van der Waals surface area contributed by atoms with Crippen molar-refractivity contribution >= 4 is 15.9 Å². The van der Waals surface area contributed by atoms with Crippen molar-refractivity contribution < 1.29 is 17.6 Å². The van der Waals surface area contributed by atoms with Crippen LogP contribution in [0.4, 0.5) is 4.39 Å². The summed E-state index contributed by atoms with van der Waals surface area (Å²) in [7, 11) is -3.73. The Bertz CT molecular complexity index is 560. The van der Waals surface area contributed by atoms with Gasteiger partial charge in [-0.1, -0.05) is 0 Å². The number of sulfonamides is 1. The number of halogens is 1. The van der Waals surface area contributed by atoms with E-state index in [9.17, 15) is 17.6 Å². The first kappa shape index (κ1) is 15.5. The number of benzene rings is 1. The fraction of sp³-hybridized carbons (Fsp3) is 0.364. The number of nitrogens with one attached hydrogen (secondary N) is 1. The maximum atomic E-state index is 13.2. The van der Waals surface area contributed by atoms with Gasteiger partial charge in [-0.2, -0.15) is 0 Å². The first-order valence-electron chi connectivity index (χ1n) is 5.63. The van der Waals surface area contributed by atoms with Gasteiger partial charge in [0.15, 0.2) is 0 Å². The molecule has 0 spiro atoms. The molecule has 0 heterocycles. The molecular formula is C11H16FN3O3S. The summed E-state index contributed by atoms with van der Waals surface area (Å²) in [5.41, 5.74) is 10.4. The first-order chi connectivity index (χ1) is 8.86. The third-order valence-corrected chi connectivity index (χ3v) is 3.90. The molecular weight excluding hydrogens is 273 g/mol. The number of hydrogen-bond donors (Lipinski definition) is 3. The van der Waals surface area contributed by atoms with Crippen molar-refractivity contribution in [2.45, 2.75) is 24.3 Å². The van der Waals surface area contributed by atoms with Crippen LogP contribution in [-0.2, 0) is 21.4 Å². The van der Waals surface area contributed by atoms with Crippen LogP contribution in [-0.4, -0.2) is 20.9 Å². The molecule has 8 heteroatoms. The van der Waals surface area contributed by atoms with Gasteiger partial charge in [-0.3, -0.25) is 4.79 Å². The van der Waals surface area contributed by atoms with E-state index in [1.165, 1.54) is 6.07 Å². The molecule has 0 radical (unpaired) electrons. The van der Waals surface area contributed by atoms with E-state index in [0.717, 1.165) is 12.1 Å². The second-order valence-corrected chi connectivity index (χ2v) is 5.69. The summed E-state index contributed by atoms with van der Waals surface area (Å²) in [5.74, 6) is -1.04.